The van der Waals surface area contributed by atoms with Gasteiger partial charge in [0.05, 0.1) is 0 Å². The largest absolute Gasteiger partial charge is 0.135 e. The quantitative estimate of drug-likeness (QED) is 0.451. The molecule has 21 heavy (non-hydrogen) atoms. The van der Waals surface area contributed by atoms with Gasteiger partial charge in [-0.25, -0.2) is 0 Å². The lowest BCUT2D eigenvalue weighted by atomic mass is 10.1. The molecule has 0 nitrogen and oxygen atoms in total. The molecule has 3 aromatic carbocycles. The first kappa shape index (κ1) is 13.0. The van der Waals surface area contributed by atoms with Gasteiger partial charge in [0, 0.05) is 20.2 Å². The Morgan fingerprint density at radius 2 is 1.43 bits per heavy atom. The lowest BCUT2D eigenvalue weighted by Gasteiger charge is -2.13. The van der Waals surface area contributed by atoms with Crippen molar-refractivity contribution in [3.63, 3.8) is 0 Å². The van der Waals surface area contributed by atoms with Crippen molar-refractivity contribution in [1.82, 2.24) is 0 Å². The van der Waals surface area contributed by atoms with E-state index in [0.717, 1.165) is 0 Å². The summed E-state index contributed by atoms with van der Waals surface area (Å²) in [5, 5.41) is 5.72. The topological polar surface area (TPSA) is 0 Å². The summed E-state index contributed by atoms with van der Waals surface area (Å²) >= 11 is 1.93. The van der Waals surface area contributed by atoms with E-state index in [1.807, 2.05) is 11.3 Å². The highest BCUT2D eigenvalue weighted by Crippen LogP contribution is 2.38. The molecule has 0 aliphatic rings. The monoisotopic (exact) mass is 306 g/mol. The van der Waals surface area contributed by atoms with E-state index < -0.39 is 0 Å². The minimum Gasteiger partial charge on any atom is -0.135 e. The molecule has 0 radical (unpaired) electrons. The number of hydrogen-bond acceptors (Lipinski definition) is 1. The summed E-state index contributed by atoms with van der Waals surface area (Å²) in [5.41, 5.74) is 0. The van der Waals surface area contributed by atoms with Crippen molar-refractivity contribution in [2.75, 3.05) is 6.66 Å². The first-order chi connectivity index (χ1) is 10.3. The first-order valence-electron chi connectivity index (χ1n) is 7.03. The number of thiophene rings is 1. The van der Waals surface area contributed by atoms with Crippen LogP contribution in [0.4, 0.5) is 0 Å². The lowest BCUT2D eigenvalue weighted by molar-refractivity contribution is 1.77. The highest BCUT2D eigenvalue weighted by atomic mass is 32.1. The zero-order chi connectivity index (χ0) is 14.2. The highest BCUT2D eigenvalue weighted by Gasteiger charge is 2.14. The SMILES string of the molecule is CP(c1ccccc1)c1cccc2c1sc1ccccc12. The zero-order valence-corrected chi connectivity index (χ0v) is 13.5. The van der Waals surface area contributed by atoms with Crippen molar-refractivity contribution in [2.24, 2.45) is 0 Å². The van der Waals surface area contributed by atoms with Gasteiger partial charge in [-0.3, -0.25) is 0 Å². The van der Waals surface area contributed by atoms with Gasteiger partial charge < -0.3 is 0 Å². The van der Waals surface area contributed by atoms with Gasteiger partial charge in [-0.2, -0.15) is 0 Å². The normalized spacial score (nSPS) is 12.8. The molecule has 0 saturated heterocycles. The van der Waals surface area contributed by atoms with E-state index in [0.29, 0.717) is 0 Å². The molecule has 0 saturated carbocycles. The Bertz CT molecular complexity index is 909. The van der Waals surface area contributed by atoms with Gasteiger partial charge in [0.2, 0.25) is 0 Å². The average Bonchev–Trinajstić information content (AvgIpc) is 2.94. The molecule has 0 bridgehead atoms. The van der Waals surface area contributed by atoms with E-state index in [4.69, 9.17) is 0 Å². The van der Waals surface area contributed by atoms with Gasteiger partial charge in [-0.05, 0) is 31.3 Å². The van der Waals surface area contributed by atoms with Crippen LogP contribution in [0, 0.1) is 0 Å². The maximum atomic E-state index is 2.36. The summed E-state index contributed by atoms with van der Waals surface area (Å²) in [6, 6.07) is 26.3. The molecule has 0 fully saturated rings. The molecular formula is C19H15PS. The molecule has 4 rings (SSSR count). The Morgan fingerprint density at radius 3 is 2.29 bits per heavy atom. The van der Waals surface area contributed by atoms with Gasteiger partial charge in [0.15, 0.2) is 0 Å². The maximum Gasteiger partial charge on any atom is 0.0435 e. The van der Waals surface area contributed by atoms with Gasteiger partial charge in [-0.15, -0.1) is 11.3 Å². The summed E-state index contributed by atoms with van der Waals surface area (Å²) < 4.78 is 2.84. The highest BCUT2D eigenvalue weighted by molar-refractivity contribution is 7.73. The third-order valence-corrected chi connectivity index (χ3v) is 7.43. The fourth-order valence-corrected chi connectivity index (χ4v) is 6.08. The Hall–Kier alpha value is -1.69. The summed E-state index contributed by atoms with van der Waals surface area (Å²) in [4.78, 5) is 0. The van der Waals surface area contributed by atoms with Crippen LogP contribution in [0.3, 0.4) is 0 Å². The van der Waals surface area contributed by atoms with Crippen LogP contribution in [-0.2, 0) is 0 Å². The molecular weight excluding hydrogens is 291 g/mol. The minimum atomic E-state index is -0.297. The van der Waals surface area contributed by atoms with Crippen LogP contribution in [0.1, 0.15) is 0 Å². The van der Waals surface area contributed by atoms with Crippen LogP contribution in [-0.4, -0.2) is 6.66 Å². The van der Waals surface area contributed by atoms with E-state index >= 15 is 0 Å². The third kappa shape index (κ3) is 2.18. The number of hydrogen-bond donors (Lipinski definition) is 0. The predicted octanol–water partition coefficient (Wildman–Crippen LogP) is 5.12. The summed E-state index contributed by atoms with van der Waals surface area (Å²) in [5.74, 6) is 0. The molecule has 0 spiro atoms. The molecule has 2 heteroatoms. The van der Waals surface area contributed by atoms with Crippen LogP contribution in [0.5, 0.6) is 0 Å². The number of benzene rings is 3. The van der Waals surface area contributed by atoms with E-state index in [-0.39, 0.29) is 7.92 Å². The van der Waals surface area contributed by atoms with Crippen LogP contribution in [0.15, 0.2) is 72.8 Å². The Labute approximate surface area is 129 Å². The third-order valence-electron chi connectivity index (χ3n) is 3.89. The van der Waals surface area contributed by atoms with E-state index in [1.165, 1.54) is 30.8 Å². The zero-order valence-electron chi connectivity index (χ0n) is 11.8. The molecule has 4 aromatic rings. The molecule has 1 heterocycles. The second kappa shape index (κ2) is 5.26. The van der Waals surface area contributed by atoms with Crippen LogP contribution in [0.2, 0.25) is 0 Å². The molecule has 0 amide bonds. The van der Waals surface area contributed by atoms with Gasteiger partial charge in [-0.1, -0.05) is 66.7 Å². The van der Waals surface area contributed by atoms with Crippen molar-refractivity contribution in [3.05, 3.63) is 72.8 Å². The van der Waals surface area contributed by atoms with E-state index in [1.54, 1.807) is 0 Å². The smallest absolute Gasteiger partial charge is 0.0435 e. The van der Waals surface area contributed by atoms with E-state index in [2.05, 4.69) is 79.5 Å². The Balaban J connectivity index is 1.97. The Kier molecular flexibility index (Phi) is 3.25. The molecule has 1 atom stereocenters. The molecule has 0 N–H and O–H groups in total. The van der Waals surface area contributed by atoms with Crippen LogP contribution in [0.25, 0.3) is 20.2 Å². The van der Waals surface area contributed by atoms with Crippen molar-refractivity contribution >= 4 is 50.0 Å². The minimum absolute atomic E-state index is 0.297. The summed E-state index contributed by atoms with van der Waals surface area (Å²) in [7, 11) is -0.297. The lowest BCUT2D eigenvalue weighted by Crippen LogP contribution is -2.10. The fourth-order valence-electron chi connectivity index (χ4n) is 2.79. The van der Waals surface area contributed by atoms with Crippen molar-refractivity contribution in [3.8, 4) is 0 Å². The van der Waals surface area contributed by atoms with Crippen LogP contribution >= 0.6 is 19.3 Å². The fraction of sp³-hybridized carbons (Fsp3) is 0.0526. The molecule has 0 aliphatic heterocycles. The average molecular weight is 306 g/mol. The summed E-state index contributed by atoms with van der Waals surface area (Å²) in [6.45, 7) is 2.36. The second-order valence-corrected chi connectivity index (χ2v) is 8.32. The van der Waals surface area contributed by atoms with Crippen LogP contribution < -0.4 is 10.6 Å². The summed E-state index contributed by atoms with van der Waals surface area (Å²) in [6.07, 6.45) is 0. The van der Waals surface area contributed by atoms with Gasteiger partial charge in [0.25, 0.3) is 0 Å². The molecule has 0 aliphatic carbocycles. The molecule has 1 unspecified atom stereocenters. The second-order valence-electron chi connectivity index (χ2n) is 5.15. The molecule has 1 aromatic heterocycles. The Morgan fingerprint density at radius 1 is 0.714 bits per heavy atom. The van der Waals surface area contributed by atoms with Gasteiger partial charge in [0.1, 0.15) is 0 Å². The molecule has 102 valence electrons. The van der Waals surface area contributed by atoms with Crippen molar-refractivity contribution in [2.45, 2.75) is 0 Å². The van der Waals surface area contributed by atoms with Crippen molar-refractivity contribution < 1.29 is 0 Å². The van der Waals surface area contributed by atoms with E-state index in [9.17, 15) is 0 Å². The number of rotatable bonds is 2. The predicted molar refractivity (Wildman–Crippen MR) is 97.9 cm³/mol. The first-order valence-corrected chi connectivity index (χ1v) is 9.64. The number of fused-ring (bicyclic) bond motifs is 3. The standard InChI is InChI=1S/C19H15PS/c1-20(14-8-3-2-4-9-14)17-12-7-11-16-15-10-5-6-13-18(15)21-19(16)17/h2-13H,1H3. The van der Waals surface area contributed by atoms with Crippen molar-refractivity contribution in [1.29, 1.82) is 0 Å². The maximum absolute atomic E-state index is 2.36. The van der Waals surface area contributed by atoms with Gasteiger partial charge >= 0.3 is 0 Å².